The van der Waals surface area contributed by atoms with Crippen LogP contribution in [0.25, 0.3) is 0 Å². The number of nitrogens with zero attached hydrogens (tertiary/aromatic N) is 2. The zero-order valence-electron chi connectivity index (χ0n) is 13.1. The topological polar surface area (TPSA) is 37.4 Å². The summed E-state index contributed by atoms with van der Waals surface area (Å²) < 4.78 is 5.41. The highest BCUT2D eigenvalue weighted by molar-refractivity contribution is 5.68. The van der Waals surface area contributed by atoms with Crippen LogP contribution >= 0.6 is 0 Å². The Kier molecular flexibility index (Phi) is 5.17. The molecule has 1 N–H and O–H groups in total. The van der Waals surface area contributed by atoms with Gasteiger partial charge in [-0.25, -0.2) is 0 Å². The van der Waals surface area contributed by atoms with E-state index in [1.165, 1.54) is 0 Å². The van der Waals surface area contributed by atoms with Gasteiger partial charge >= 0.3 is 0 Å². The Morgan fingerprint density at radius 3 is 2.57 bits per heavy atom. The van der Waals surface area contributed by atoms with E-state index in [0.29, 0.717) is 6.04 Å². The molecule has 0 amide bonds. The van der Waals surface area contributed by atoms with Gasteiger partial charge in [-0.1, -0.05) is 19.1 Å². The van der Waals surface area contributed by atoms with E-state index in [-0.39, 0.29) is 0 Å². The third-order valence-electron chi connectivity index (χ3n) is 3.72. The van der Waals surface area contributed by atoms with E-state index in [9.17, 15) is 0 Å². The molecule has 4 nitrogen and oxygen atoms in total. The highest BCUT2D eigenvalue weighted by atomic mass is 16.5. The maximum absolute atomic E-state index is 5.41. The molecule has 1 aromatic carbocycles. The van der Waals surface area contributed by atoms with Crippen molar-refractivity contribution >= 4 is 11.4 Å². The lowest BCUT2D eigenvalue weighted by Gasteiger charge is -2.22. The smallest absolute Gasteiger partial charge is 0.142 e. The Hall–Kier alpha value is -2.07. The van der Waals surface area contributed by atoms with Crippen molar-refractivity contribution in [1.29, 1.82) is 0 Å². The lowest BCUT2D eigenvalue weighted by atomic mass is 10.1. The van der Waals surface area contributed by atoms with Crippen LogP contribution in [-0.4, -0.2) is 26.2 Å². The van der Waals surface area contributed by atoms with Crippen LogP contribution in [0, 0.1) is 0 Å². The van der Waals surface area contributed by atoms with Crippen LogP contribution in [0.2, 0.25) is 0 Å². The molecule has 0 saturated heterocycles. The summed E-state index contributed by atoms with van der Waals surface area (Å²) in [6.07, 6.45) is 2.92. The second kappa shape index (κ2) is 7.09. The molecule has 0 fully saturated rings. The van der Waals surface area contributed by atoms with Crippen molar-refractivity contribution < 1.29 is 4.74 Å². The van der Waals surface area contributed by atoms with Crippen LogP contribution in [-0.2, 0) is 0 Å². The first-order valence-electron chi connectivity index (χ1n) is 7.21. The lowest BCUT2D eigenvalue weighted by molar-refractivity contribution is 0.415. The van der Waals surface area contributed by atoms with Crippen molar-refractivity contribution in [3.05, 3.63) is 48.3 Å². The third kappa shape index (κ3) is 3.34. The van der Waals surface area contributed by atoms with E-state index in [0.717, 1.165) is 29.2 Å². The van der Waals surface area contributed by atoms with Gasteiger partial charge in [-0.15, -0.1) is 0 Å². The first-order chi connectivity index (χ1) is 10.2. The van der Waals surface area contributed by atoms with E-state index in [1.54, 1.807) is 7.11 Å². The van der Waals surface area contributed by atoms with Crippen molar-refractivity contribution in [3.63, 3.8) is 0 Å². The standard InChI is InChI=1S/C17H23N3O/c1-5-14(18-2)15-11-10-13(12-19-15)20(3)16-8-6-7-9-17(16)21-4/h6-12,14,18H,5H2,1-4H3. The molecular formula is C17H23N3O. The number of pyridine rings is 1. The number of methoxy groups -OCH3 is 1. The van der Waals surface area contributed by atoms with Crippen molar-refractivity contribution in [2.75, 3.05) is 26.1 Å². The zero-order valence-corrected chi connectivity index (χ0v) is 13.1. The molecule has 1 aromatic heterocycles. The molecule has 0 radical (unpaired) electrons. The van der Waals surface area contributed by atoms with Gasteiger partial charge in [0.05, 0.1) is 30.4 Å². The average Bonchev–Trinajstić information content (AvgIpc) is 2.56. The van der Waals surface area contributed by atoms with E-state index in [4.69, 9.17) is 4.74 Å². The summed E-state index contributed by atoms with van der Waals surface area (Å²) in [5.74, 6) is 0.853. The van der Waals surface area contributed by atoms with Gasteiger partial charge in [0.2, 0.25) is 0 Å². The summed E-state index contributed by atoms with van der Waals surface area (Å²) in [5, 5.41) is 3.27. The van der Waals surface area contributed by atoms with Crippen molar-refractivity contribution in [3.8, 4) is 5.75 Å². The van der Waals surface area contributed by atoms with Gasteiger partial charge in [0, 0.05) is 13.1 Å². The maximum Gasteiger partial charge on any atom is 0.142 e. The molecule has 2 aromatic rings. The Bertz CT molecular complexity index is 565. The first kappa shape index (κ1) is 15.3. The lowest BCUT2D eigenvalue weighted by Crippen LogP contribution is -2.17. The second-order valence-electron chi connectivity index (χ2n) is 4.92. The van der Waals surface area contributed by atoms with Crippen LogP contribution in [0.1, 0.15) is 25.1 Å². The summed E-state index contributed by atoms with van der Waals surface area (Å²) in [6.45, 7) is 2.15. The Labute approximate surface area is 126 Å². The van der Waals surface area contributed by atoms with Crippen molar-refractivity contribution in [2.45, 2.75) is 19.4 Å². The predicted molar refractivity (Wildman–Crippen MR) is 87.4 cm³/mol. The van der Waals surface area contributed by atoms with E-state index >= 15 is 0 Å². The third-order valence-corrected chi connectivity index (χ3v) is 3.72. The first-order valence-corrected chi connectivity index (χ1v) is 7.21. The molecule has 2 rings (SSSR count). The number of hydrogen-bond acceptors (Lipinski definition) is 4. The number of anilines is 2. The van der Waals surface area contributed by atoms with Gasteiger partial charge in [0.1, 0.15) is 5.75 Å². The molecule has 4 heteroatoms. The van der Waals surface area contributed by atoms with Crippen LogP contribution < -0.4 is 15.0 Å². The fourth-order valence-electron chi connectivity index (χ4n) is 2.41. The monoisotopic (exact) mass is 285 g/mol. The van der Waals surface area contributed by atoms with Gasteiger partial charge in [-0.2, -0.15) is 0 Å². The highest BCUT2D eigenvalue weighted by Crippen LogP contribution is 2.32. The zero-order chi connectivity index (χ0) is 15.2. The molecule has 1 unspecified atom stereocenters. The van der Waals surface area contributed by atoms with Crippen molar-refractivity contribution in [2.24, 2.45) is 0 Å². The summed E-state index contributed by atoms with van der Waals surface area (Å²) >= 11 is 0. The number of para-hydroxylation sites is 2. The normalized spacial score (nSPS) is 12.0. The fraction of sp³-hybridized carbons (Fsp3) is 0.353. The van der Waals surface area contributed by atoms with E-state index in [1.807, 2.05) is 44.6 Å². The number of aromatic nitrogens is 1. The van der Waals surface area contributed by atoms with Crippen LogP contribution in [0.4, 0.5) is 11.4 Å². The molecule has 0 aliphatic heterocycles. The van der Waals surface area contributed by atoms with Crippen molar-refractivity contribution in [1.82, 2.24) is 10.3 Å². The SMILES string of the molecule is CCC(NC)c1ccc(N(C)c2ccccc2OC)cn1. The van der Waals surface area contributed by atoms with Gasteiger partial charge in [0.15, 0.2) is 0 Å². The minimum Gasteiger partial charge on any atom is -0.495 e. The largest absolute Gasteiger partial charge is 0.495 e. The molecule has 1 atom stereocenters. The van der Waals surface area contributed by atoms with Crippen LogP contribution in [0.5, 0.6) is 5.75 Å². The molecule has 0 aliphatic carbocycles. The van der Waals surface area contributed by atoms with Gasteiger partial charge in [-0.3, -0.25) is 4.98 Å². The second-order valence-corrected chi connectivity index (χ2v) is 4.92. The number of ether oxygens (including phenoxy) is 1. The van der Waals surface area contributed by atoms with Crippen LogP contribution in [0.15, 0.2) is 42.6 Å². The minimum atomic E-state index is 0.301. The van der Waals surface area contributed by atoms with E-state index < -0.39 is 0 Å². The van der Waals surface area contributed by atoms with E-state index in [2.05, 4.69) is 34.3 Å². The minimum absolute atomic E-state index is 0.301. The number of hydrogen-bond donors (Lipinski definition) is 1. The molecule has 0 aliphatic rings. The molecular weight excluding hydrogens is 262 g/mol. The molecule has 0 spiro atoms. The molecule has 0 saturated carbocycles. The molecule has 21 heavy (non-hydrogen) atoms. The maximum atomic E-state index is 5.41. The fourth-order valence-corrected chi connectivity index (χ4v) is 2.41. The summed E-state index contributed by atoms with van der Waals surface area (Å²) in [7, 11) is 5.67. The number of nitrogens with one attached hydrogen (secondary N) is 1. The molecule has 112 valence electrons. The highest BCUT2D eigenvalue weighted by Gasteiger charge is 2.12. The Morgan fingerprint density at radius 1 is 1.24 bits per heavy atom. The summed E-state index contributed by atoms with van der Waals surface area (Å²) in [5.41, 5.74) is 3.13. The quantitative estimate of drug-likeness (QED) is 0.881. The van der Waals surface area contributed by atoms with Crippen LogP contribution in [0.3, 0.4) is 0 Å². The van der Waals surface area contributed by atoms with Gasteiger partial charge < -0.3 is 15.0 Å². The number of rotatable bonds is 6. The number of benzene rings is 1. The summed E-state index contributed by atoms with van der Waals surface area (Å²) in [4.78, 5) is 6.66. The van der Waals surface area contributed by atoms with Gasteiger partial charge in [0.25, 0.3) is 0 Å². The molecule has 0 bridgehead atoms. The van der Waals surface area contributed by atoms with Gasteiger partial charge in [-0.05, 0) is 37.7 Å². The Balaban J connectivity index is 2.25. The average molecular weight is 285 g/mol. The predicted octanol–water partition coefficient (Wildman–Crippen LogP) is 3.53. The molecule has 1 heterocycles. The summed E-state index contributed by atoms with van der Waals surface area (Å²) in [6, 6.07) is 12.4. The Morgan fingerprint density at radius 2 is 2.00 bits per heavy atom.